The minimum Gasteiger partial charge on any atom is -0.350 e. The molecule has 0 saturated heterocycles. The van der Waals surface area contributed by atoms with Gasteiger partial charge in [-0.3, -0.25) is 4.79 Å². The quantitative estimate of drug-likeness (QED) is 0.857. The summed E-state index contributed by atoms with van der Waals surface area (Å²) in [6.07, 6.45) is 1.01. The molecule has 0 spiro atoms. The molecule has 5 heteroatoms. The highest BCUT2D eigenvalue weighted by Gasteiger charge is 2.11. The Kier molecular flexibility index (Phi) is 5.68. The van der Waals surface area contributed by atoms with Gasteiger partial charge in [-0.2, -0.15) is 0 Å². The van der Waals surface area contributed by atoms with Crippen LogP contribution in [0.5, 0.6) is 0 Å². The molecule has 122 valence electrons. The zero-order chi connectivity index (χ0) is 16.8. The van der Waals surface area contributed by atoms with Crippen LogP contribution in [0, 0.1) is 12.8 Å². The zero-order valence-corrected chi connectivity index (χ0v) is 14.2. The molecule has 0 saturated carbocycles. The number of benzene rings is 1. The third kappa shape index (κ3) is 5.06. The summed E-state index contributed by atoms with van der Waals surface area (Å²) in [5.41, 5.74) is 2.60. The van der Waals surface area contributed by atoms with Crippen LogP contribution in [0.4, 0.5) is 11.5 Å². The number of aromatic nitrogens is 2. The Morgan fingerprint density at radius 3 is 2.48 bits per heavy atom. The second-order valence-electron chi connectivity index (χ2n) is 5.96. The van der Waals surface area contributed by atoms with Crippen molar-refractivity contribution in [3.8, 4) is 0 Å². The van der Waals surface area contributed by atoms with Gasteiger partial charge in [0.15, 0.2) is 0 Å². The highest BCUT2D eigenvalue weighted by atomic mass is 16.1. The predicted molar refractivity (Wildman–Crippen MR) is 93.0 cm³/mol. The summed E-state index contributed by atoms with van der Waals surface area (Å²) in [5, 5.41) is 6.10. The fourth-order valence-electron chi connectivity index (χ4n) is 2.11. The molecule has 2 rings (SSSR count). The summed E-state index contributed by atoms with van der Waals surface area (Å²) in [7, 11) is 0. The number of amides is 1. The average molecular weight is 312 g/mol. The van der Waals surface area contributed by atoms with Gasteiger partial charge in [0.1, 0.15) is 17.3 Å². The standard InChI is InChI=1S/C18H24N4O/c1-5-14-6-8-15(9-7-14)22-17-10-16(20-13(4)21-17)18(23)19-11-12(2)3/h6-10,12H,5,11H2,1-4H3,(H,19,23)(H,20,21,22). The van der Waals surface area contributed by atoms with Gasteiger partial charge in [-0.25, -0.2) is 9.97 Å². The average Bonchev–Trinajstić information content (AvgIpc) is 2.52. The molecule has 1 heterocycles. The maximum atomic E-state index is 12.2. The Hall–Kier alpha value is -2.43. The molecule has 1 amide bonds. The van der Waals surface area contributed by atoms with Crippen LogP contribution in [0.2, 0.25) is 0 Å². The molecule has 23 heavy (non-hydrogen) atoms. The Balaban J connectivity index is 2.14. The van der Waals surface area contributed by atoms with E-state index in [1.165, 1.54) is 5.56 Å². The van der Waals surface area contributed by atoms with E-state index < -0.39 is 0 Å². The first kappa shape index (κ1) is 16.9. The van der Waals surface area contributed by atoms with Crippen LogP contribution in [-0.4, -0.2) is 22.4 Å². The molecule has 0 aliphatic carbocycles. The minimum atomic E-state index is -0.173. The molecule has 2 aromatic rings. The van der Waals surface area contributed by atoms with E-state index in [9.17, 15) is 4.79 Å². The third-order valence-electron chi connectivity index (χ3n) is 3.38. The lowest BCUT2D eigenvalue weighted by molar-refractivity contribution is 0.0943. The van der Waals surface area contributed by atoms with Gasteiger partial charge >= 0.3 is 0 Å². The molecule has 2 N–H and O–H groups in total. The molecule has 5 nitrogen and oxygen atoms in total. The monoisotopic (exact) mass is 312 g/mol. The van der Waals surface area contributed by atoms with E-state index in [0.717, 1.165) is 12.1 Å². The van der Waals surface area contributed by atoms with Gasteiger partial charge in [0.2, 0.25) is 0 Å². The first-order valence-electron chi connectivity index (χ1n) is 7.97. The van der Waals surface area contributed by atoms with Crippen LogP contribution in [0.3, 0.4) is 0 Å². The van der Waals surface area contributed by atoms with Gasteiger partial charge < -0.3 is 10.6 Å². The van der Waals surface area contributed by atoms with E-state index in [4.69, 9.17) is 0 Å². The Morgan fingerprint density at radius 1 is 1.17 bits per heavy atom. The van der Waals surface area contributed by atoms with Crippen molar-refractivity contribution >= 4 is 17.4 Å². The van der Waals surface area contributed by atoms with Gasteiger partial charge in [0.05, 0.1) is 0 Å². The smallest absolute Gasteiger partial charge is 0.270 e. The number of anilines is 2. The molecule has 0 radical (unpaired) electrons. The zero-order valence-electron chi connectivity index (χ0n) is 14.2. The topological polar surface area (TPSA) is 66.9 Å². The minimum absolute atomic E-state index is 0.173. The summed E-state index contributed by atoms with van der Waals surface area (Å²) in [4.78, 5) is 20.7. The van der Waals surface area contributed by atoms with Crippen LogP contribution in [0.25, 0.3) is 0 Å². The van der Waals surface area contributed by atoms with E-state index in [1.807, 2.05) is 12.1 Å². The van der Waals surface area contributed by atoms with Gasteiger partial charge in [-0.1, -0.05) is 32.9 Å². The third-order valence-corrected chi connectivity index (χ3v) is 3.38. The van der Waals surface area contributed by atoms with Crippen LogP contribution in [-0.2, 0) is 6.42 Å². The summed E-state index contributed by atoms with van der Waals surface area (Å²) in [6, 6.07) is 9.85. The van der Waals surface area contributed by atoms with Crippen molar-refractivity contribution in [2.45, 2.75) is 34.1 Å². The maximum Gasteiger partial charge on any atom is 0.270 e. The summed E-state index contributed by atoms with van der Waals surface area (Å²) in [6.45, 7) is 8.64. The summed E-state index contributed by atoms with van der Waals surface area (Å²) in [5.74, 6) is 1.41. The van der Waals surface area contributed by atoms with E-state index in [-0.39, 0.29) is 5.91 Å². The lowest BCUT2D eigenvalue weighted by Crippen LogP contribution is -2.28. The fraction of sp³-hybridized carbons (Fsp3) is 0.389. The lowest BCUT2D eigenvalue weighted by Gasteiger charge is -2.10. The van der Waals surface area contributed by atoms with Crippen LogP contribution < -0.4 is 10.6 Å². The van der Waals surface area contributed by atoms with Crippen molar-refractivity contribution < 1.29 is 4.79 Å². The van der Waals surface area contributed by atoms with Crippen molar-refractivity contribution in [2.24, 2.45) is 5.92 Å². The largest absolute Gasteiger partial charge is 0.350 e. The molecule has 0 bridgehead atoms. The molecule has 0 aliphatic rings. The number of hydrogen-bond acceptors (Lipinski definition) is 4. The number of nitrogens with one attached hydrogen (secondary N) is 2. The maximum absolute atomic E-state index is 12.2. The van der Waals surface area contributed by atoms with E-state index >= 15 is 0 Å². The van der Waals surface area contributed by atoms with Crippen LogP contribution >= 0.6 is 0 Å². The number of nitrogens with zero attached hydrogens (tertiary/aromatic N) is 2. The Bertz CT molecular complexity index is 665. The molecule has 0 atom stereocenters. The molecular weight excluding hydrogens is 288 g/mol. The van der Waals surface area contributed by atoms with Crippen molar-refractivity contribution in [3.05, 3.63) is 47.4 Å². The number of carbonyl (C=O) groups excluding carboxylic acids is 1. The molecule has 0 aliphatic heterocycles. The van der Waals surface area contributed by atoms with Crippen molar-refractivity contribution in [3.63, 3.8) is 0 Å². The SMILES string of the molecule is CCc1ccc(Nc2cc(C(=O)NCC(C)C)nc(C)n2)cc1. The predicted octanol–water partition coefficient (Wildman–Crippen LogP) is 3.48. The molecule has 1 aromatic carbocycles. The van der Waals surface area contributed by atoms with Gasteiger partial charge in [0.25, 0.3) is 5.91 Å². The number of carbonyl (C=O) groups is 1. The summed E-state index contributed by atoms with van der Waals surface area (Å²) < 4.78 is 0. The first-order chi connectivity index (χ1) is 11.0. The van der Waals surface area contributed by atoms with Crippen molar-refractivity contribution in [1.29, 1.82) is 0 Å². The van der Waals surface area contributed by atoms with E-state index in [0.29, 0.717) is 29.8 Å². The van der Waals surface area contributed by atoms with E-state index in [1.54, 1.807) is 13.0 Å². The van der Waals surface area contributed by atoms with Gasteiger partial charge in [0, 0.05) is 18.3 Å². The van der Waals surface area contributed by atoms with Crippen LogP contribution in [0.1, 0.15) is 42.6 Å². The Morgan fingerprint density at radius 2 is 1.87 bits per heavy atom. The van der Waals surface area contributed by atoms with Crippen molar-refractivity contribution in [2.75, 3.05) is 11.9 Å². The molecule has 0 unspecified atom stereocenters. The Labute approximate surface area is 137 Å². The van der Waals surface area contributed by atoms with Gasteiger partial charge in [-0.15, -0.1) is 0 Å². The van der Waals surface area contributed by atoms with E-state index in [2.05, 4.69) is 53.5 Å². The normalized spacial score (nSPS) is 10.7. The van der Waals surface area contributed by atoms with Gasteiger partial charge in [-0.05, 0) is 37.0 Å². The second kappa shape index (κ2) is 7.72. The highest BCUT2D eigenvalue weighted by Crippen LogP contribution is 2.16. The molecule has 1 aromatic heterocycles. The second-order valence-corrected chi connectivity index (χ2v) is 5.96. The number of aryl methyl sites for hydroxylation is 2. The molecule has 0 fully saturated rings. The molecular formula is C18H24N4O. The fourth-order valence-corrected chi connectivity index (χ4v) is 2.11. The first-order valence-corrected chi connectivity index (χ1v) is 7.97. The lowest BCUT2D eigenvalue weighted by atomic mass is 10.1. The summed E-state index contributed by atoms with van der Waals surface area (Å²) >= 11 is 0. The number of hydrogen-bond donors (Lipinski definition) is 2. The highest BCUT2D eigenvalue weighted by molar-refractivity contribution is 5.93. The van der Waals surface area contributed by atoms with Crippen LogP contribution in [0.15, 0.2) is 30.3 Å². The number of rotatable bonds is 6. The van der Waals surface area contributed by atoms with Crippen molar-refractivity contribution in [1.82, 2.24) is 15.3 Å².